The molecule has 5 rings (SSSR count). The molecule has 2 aliphatic rings. The smallest absolute Gasteiger partial charge is 0.406 e. The lowest BCUT2D eigenvalue weighted by Gasteiger charge is -2.12. The van der Waals surface area contributed by atoms with E-state index in [0.29, 0.717) is 39.9 Å². The minimum Gasteiger partial charge on any atom is -0.406 e. The molecule has 1 saturated carbocycles. The van der Waals surface area contributed by atoms with Gasteiger partial charge >= 0.3 is 6.36 Å². The highest BCUT2D eigenvalue weighted by molar-refractivity contribution is 6.15. The molecule has 2 fully saturated rings. The number of ether oxygens (including phenoxy) is 1. The third-order valence-corrected chi connectivity index (χ3v) is 5.22. The summed E-state index contributed by atoms with van der Waals surface area (Å²) in [5.74, 6) is -0.428. The van der Waals surface area contributed by atoms with Crippen molar-refractivity contribution in [2.75, 3.05) is 5.32 Å². The van der Waals surface area contributed by atoms with Gasteiger partial charge in [-0.3, -0.25) is 14.9 Å². The average Bonchev–Trinajstić information content (AvgIpc) is 3.36. The number of amides is 2. The van der Waals surface area contributed by atoms with Crippen molar-refractivity contribution in [2.45, 2.75) is 38.1 Å². The van der Waals surface area contributed by atoms with E-state index < -0.39 is 12.3 Å². The maximum Gasteiger partial charge on any atom is 0.573 e. The highest BCUT2D eigenvalue weighted by atomic mass is 19.4. The number of hydrogen-bond acceptors (Lipinski definition) is 6. The Kier molecular flexibility index (Phi) is 5.03. The van der Waals surface area contributed by atoms with Crippen molar-refractivity contribution in [3.8, 4) is 5.75 Å². The molecule has 0 radical (unpaired) electrons. The molecule has 2 aromatic heterocycles. The van der Waals surface area contributed by atoms with E-state index in [4.69, 9.17) is 0 Å². The second kappa shape index (κ2) is 7.91. The molecule has 0 atom stereocenters. The number of halogens is 3. The van der Waals surface area contributed by atoms with Crippen LogP contribution in [0.25, 0.3) is 11.7 Å². The van der Waals surface area contributed by atoms with Crippen molar-refractivity contribution in [3.05, 3.63) is 58.9 Å². The first-order valence-electron chi connectivity index (χ1n) is 10.3. The van der Waals surface area contributed by atoms with Gasteiger partial charge in [-0.15, -0.1) is 13.2 Å². The van der Waals surface area contributed by atoms with Crippen LogP contribution in [-0.2, 0) is 16.0 Å². The summed E-state index contributed by atoms with van der Waals surface area (Å²) in [5.41, 5.74) is 2.53. The molecular weight excluding hydrogens is 439 g/mol. The van der Waals surface area contributed by atoms with Crippen LogP contribution in [0, 0.1) is 0 Å². The maximum atomic E-state index is 12.6. The monoisotopic (exact) mass is 457 g/mol. The van der Waals surface area contributed by atoms with Gasteiger partial charge in [0.15, 0.2) is 5.65 Å². The standard InChI is InChI=1S/C22H18F3N5O3/c23-22(24,25)33-17-3-1-2-12(7-17)6-16-10-18(27-15-4-5-15)30-20(28-16)14(11-26-30)8-13-9-19(31)29-21(13)32/h1-3,7-8,10-11,15,27H,4-6,9H2,(H,29,31,32)/b13-8+. The molecule has 170 valence electrons. The highest BCUT2D eigenvalue weighted by Crippen LogP contribution is 2.28. The van der Waals surface area contributed by atoms with Crippen LogP contribution in [0.3, 0.4) is 0 Å². The molecule has 3 heterocycles. The number of benzene rings is 1. The Labute approximate surface area is 185 Å². The van der Waals surface area contributed by atoms with Crippen molar-refractivity contribution in [2.24, 2.45) is 0 Å². The molecule has 1 saturated heterocycles. The quantitative estimate of drug-likeness (QED) is 0.436. The predicted octanol–water partition coefficient (Wildman–Crippen LogP) is 3.22. The first kappa shape index (κ1) is 21.0. The van der Waals surface area contributed by atoms with Crippen LogP contribution in [-0.4, -0.2) is 38.8 Å². The van der Waals surface area contributed by atoms with E-state index in [9.17, 15) is 22.8 Å². The minimum absolute atomic E-state index is 0.0188. The van der Waals surface area contributed by atoms with Gasteiger partial charge in [-0.05, 0) is 36.6 Å². The van der Waals surface area contributed by atoms with E-state index >= 15 is 0 Å². The maximum absolute atomic E-state index is 12.6. The second-order valence-electron chi connectivity index (χ2n) is 7.98. The molecule has 2 amide bonds. The Bertz CT molecular complexity index is 1290. The summed E-state index contributed by atoms with van der Waals surface area (Å²) in [7, 11) is 0. The van der Waals surface area contributed by atoms with Crippen LogP contribution < -0.4 is 15.4 Å². The van der Waals surface area contributed by atoms with Crippen molar-refractivity contribution in [1.82, 2.24) is 19.9 Å². The van der Waals surface area contributed by atoms with E-state index in [1.165, 1.54) is 18.2 Å². The minimum atomic E-state index is -4.77. The van der Waals surface area contributed by atoms with Crippen LogP contribution in [0.1, 0.15) is 36.1 Å². The zero-order valence-electron chi connectivity index (χ0n) is 17.1. The number of fused-ring (bicyclic) bond motifs is 1. The van der Waals surface area contributed by atoms with E-state index in [2.05, 4.69) is 25.5 Å². The van der Waals surface area contributed by atoms with Crippen molar-refractivity contribution >= 4 is 29.4 Å². The lowest BCUT2D eigenvalue weighted by atomic mass is 10.1. The molecule has 3 aromatic rings. The average molecular weight is 457 g/mol. The van der Waals surface area contributed by atoms with Gasteiger partial charge in [0.25, 0.3) is 5.91 Å². The zero-order valence-corrected chi connectivity index (χ0v) is 17.1. The molecule has 1 aliphatic heterocycles. The van der Waals surface area contributed by atoms with E-state index in [1.54, 1.807) is 28.9 Å². The van der Waals surface area contributed by atoms with Gasteiger partial charge < -0.3 is 10.1 Å². The number of rotatable bonds is 6. The Hall–Kier alpha value is -3.89. The van der Waals surface area contributed by atoms with Crippen molar-refractivity contribution in [3.63, 3.8) is 0 Å². The van der Waals surface area contributed by atoms with E-state index in [1.807, 2.05) is 0 Å². The van der Waals surface area contributed by atoms with Gasteiger partial charge in [0, 0.05) is 29.7 Å². The molecule has 1 aromatic carbocycles. The van der Waals surface area contributed by atoms with Crippen LogP contribution in [0.15, 0.2) is 42.1 Å². The lowest BCUT2D eigenvalue weighted by Crippen LogP contribution is -2.19. The van der Waals surface area contributed by atoms with Gasteiger partial charge in [-0.25, -0.2) is 4.98 Å². The molecular formula is C22H18F3N5O3. The molecule has 0 unspecified atom stereocenters. The zero-order chi connectivity index (χ0) is 23.2. The van der Waals surface area contributed by atoms with Gasteiger partial charge in [-0.2, -0.15) is 9.61 Å². The predicted molar refractivity (Wildman–Crippen MR) is 111 cm³/mol. The van der Waals surface area contributed by atoms with Crippen LogP contribution >= 0.6 is 0 Å². The van der Waals surface area contributed by atoms with Gasteiger partial charge in [0.1, 0.15) is 11.6 Å². The Balaban J connectivity index is 1.51. The molecule has 11 heteroatoms. The molecule has 33 heavy (non-hydrogen) atoms. The molecule has 0 spiro atoms. The van der Waals surface area contributed by atoms with Crippen LogP contribution in [0.2, 0.25) is 0 Å². The second-order valence-corrected chi connectivity index (χ2v) is 7.98. The fourth-order valence-electron chi connectivity index (χ4n) is 3.63. The van der Waals surface area contributed by atoms with Crippen LogP contribution in [0.4, 0.5) is 19.0 Å². The van der Waals surface area contributed by atoms with Gasteiger partial charge in [-0.1, -0.05) is 12.1 Å². The number of alkyl halides is 3. The number of nitrogens with one attached hydrogen (secondary N) is 2. The molecule has 1 aliphatic carbocycles. The SMILES string of the molecule is O=C1C/C(=C\c2cnn3c(NC4CC4)cc(Cc4cccc(OC(F)(F)F)c4)nc23)C(=O)N1. The number of carbonyl (C=O) groups is 2. The van der Waals surface area contributed by atoms with Gasteiger partial charge in [0.2, 0.25) is 5.91 Å². The number of nitrogens with zero attached hydrogens (tertiary/aromatic N) is 3. The normalized spacial score (nSPS) is 17.6. The number of anilines is 1. The number of hydrogen-bond donors (Lipinski definition) is 2. The summed E-state index contributed by atoms with van der Waals surface area (Å²) < 4.78 is 43.4. The molecule has 0 bridgehead atoms. The fourth-order valence-corrected chi connectivity index (χ4v) is 3.63. The molecule has 2 N–H and O–H groups in total. The Morgan fingerprint density at radius 3 is 2.76 bits per heavy atom. The largest absolute Gasteiger partial charge is 0.573 e. The highest BCUT2D eigenvalue weighted by Gasteiger charge is 2.31. The number of imide groups is 1. The molecule has 8 nitrogen and oxygen atoms in total. The van der Waals surface area contributed by atoms with E-state index in [0.717, 1.165) is 12.8 Å². The van der Waals surface area contributed by atoms with Crippen molar-refractivity contribution in [1.29, 1.82) is 0 Å². The summed E-state index contributed by atoms with van der Waals surface area (Å²) in [4.78, 5) is 28.1. The number of carbonyl (C=O) groups excluding carboxylic acids is 2. The summed E-state index contributed by atoms with van der Waals surface area (Å²) in [6.07, 6.45) is 0.654. The third kappa shape index (κ3) is 4.81. The number of aromatic nitrogens is 3. The first-order valence-corrected chi connectivity index (χ1v) is 10.3. The Morgan fingerprint density at radius 1 is 1.24 bits per heavy atom. The van der Waals surface area contributed by atoms with Gasteiger partial charge in [0.05, 0.1) is 18.3 Å². The fraction of sp³-hybridized carbons (Fsp3) is 0.273. The van der Waals surface area contributed by atoms with Crippen molar-refractivity contribution < 1.29 is 27.5 Å². The Morgan fingerprint density at radius 2 is 2.06 bits per heavy atom. The third-order valence-electron chi connectivity index (χ3n) is 5.22. The topological polar surface area (TPSA) is 97.6 Å². The van der Waals surface area contributed by atoms with Crippen LogP contribution in [0.5, 0.6) is 5.75 Å². The summed E-state index contributed by atoms with van der Waals surface area (Å²) >= 11 is 0. The summed E-state index contributed by atoms with van der Waals surface area (Å²) in [5, 5.41) is 10.00. The summed E-state index contributed by atoms with van der Waals surface area (Å²) in [6, 6.07) is 7.86. The summed E-state index contributed by atoms with van der Waals surface area (Å²) in [6.45, 7) is 0. The lowest BCUT2D eigenvalue weighted by molar-refractivity contribution is -0.274. The van der Waals surface area contributed by atoms with E-state index in [-0.39, 0.29) is 24.5 Å². The first-order chi connectivity index (χ1) is 15.7.